The zero-order valence-corrected chi connectivity index (χ0v) is 25.1. The van der Waals surface area contributed by atoms with Crippen molar-refractivity contribution in [3.63, 3.8) is 0 Å². The van der Waals surface area contributed by atoms with Gasteiger partial charge in [-0.3, -0.25) is 20.9 Å². The number of benzene rings is 3. The third-order valence-corrected chi connectivity index (χ3v) is 6.10. The monoisotopic (exact) mass is 569 g/mol. The van der Waals surface area contributed by atoms with Crippen LogP contribution < -0.4 is 29.6 Å². The molecule has 0 atom stereocenters. The van der Waals surface area contributed by atoms with Crippen LogP contribution in [0.15, 0.2) is 71.3 Å². The molecule has 205 valence electrons. The maximum atomic E-state index is 14.0. The topological polar surface area (TPSA) is 103 Å². The number of alkyl halides is 3. The molecule has 12 heteroatoms. The summed E-state index contributed by atoms with van der Waals surface area (Å²) >= 11 is 0. The number of aliphatic carboxylic acids is 1. The number of hydrogen-bond acceptors (Lipinski definition) is 6. The summed E-state index contributed by atoms with van der Waals surface area (Å²) in [5.74, 6) is 0.572. The molecule has 0 spiro atoms. The first-order chi connectivity index (χ1) is 18.9. The summed E-state index contributed by atoms with van der Waals surface area (Å²) in [6.07, 6.45) is -4.57. The Hall–Kier alpha value is -3.43. The Balaban J connectivity index is 0.00000141. The molecule has 4 aromatic rings. The number of carbonyl (C=O) groups is 1. The summed E-state index contributed by atoms with van der Waals surface area (Å²) in [4.78, 5) is 17.3. The Morgan fingerprint density at radius 2 is 1.68 bits per heavy atom. The van der Waals surface area contributed by atoms with Crippen LogP contribution in [0.3, 0.4) is 0 Å². The van der Waals surface area contributed by atoms with Gasteiger partial charge in [0.05, 0.1) is 12.1 Å². The van der Waals surface area contributed by atoms with E-state index in [1.165, 1.54) is 12.0 Å². The van der Waals surface area contributed by atoms with E-state index < -0.39 is 17.7 Å². The summed E-state index contributed by atoms with van der Waals surface area (Å²) in [5.41, 5.74) is 2.25. The Bertz CT molecular complexity index is 1500. The minimum Gasteiger partial charge on any atom is -0.480 e. The van der Waals surface area contributed by atoms with Gasteiger partial charge in [0.1, 0.15) is 0 Å². The van der Waals surface area contributed by atoms with Crippen molar-refractivity contribution in [1.82, 2.24) is 15.0 Å². The molecular weight excluding hydrogens is 543 g/mol. The molecule has 0 saturated carbocycles. The van der Waals surface area contributed by atoms with Crippen molar-refractivity contribution in [2.24, 2.45) is 0 Å². The van der Waals surface area contributed by atoms with Crippen LogP contribution in [0.25, 0.3) is 34.0 Å². The predicted octanol–water partition coefficient (Wildman–Crippen LogP) is 3.33. The fourth-order valence-electron chi connectivity index (χ4n) is 4.07. The molecule has 1 heterocycles. The SMILES string of the molecule is Cc1ccccc1-c1ccc(-c2nc(-c3ccc(CN(CC(=O)O)C(C)C)cc3)no2)cc1C(F)(F)F.[B-]C#N.[Na+]. The van der Waals surface area contributed by atoms with Gasteiger partial charge in [-0.2, -0.15) is 18.2 Å². The molecule has 3 radical (unpaired) electrons. The number of nitrogens with zero attached hydrogens (tertiary/aromatic N) is 4. The Morgan fingerprint density at radius 3 is 2.24 bits per heavy atom. The normalized spacial score (nSPS) is 10.9. The van der Waals surface area contributed by atoms with Crippen molar-refractivity contribution in [3.05, 3.63) is 83.4 Å². The molecule has 0 amide bonds. The zero-order valence-electron chi connectivity index (χ0n) is 23.1. The molecule has 0 saturated heterocycles. The van der Waals surface area contributed by atoms with Crippen LogP contribution in [0.4, 0.5) is 13.2 Å². The van der Waals surface area contributed by atoms with Crippen molar-refractivity contribution in [1.29, 1.82) is 5.26 Å². The molecular formula is C29H26BF3N4NaO3. The van der Waals surface area contributed by atoms with E-state index in [0.29, 0.717) is 17.7 Å². The van der Waals surface area contributed by atoms with Crippen LogP contribution >= 0.6 is 0 Å². The second-order valence-corrected chi connectivity index (χ2v) is 9.21. The summed E-state index contributed by atoms with van der Waals surface area (Å²) in [7, 11) is 4.15. The van der Waals surface area contributed by atoms with Crippen LogP contribution in [0.2, 0.25) is 0 Å². The number of hydrogen-bond donors (Lipinski definition) is 1. The van der Waals surface area contributed by atoms with E-state index >= 15 is 0 Å². The molecule has 0 unspecified atom stereocenters. The number of aromatic nitrogens is 2. The van der Waals surface area contributed by atoms with Gasteiger partial charge in [-0.05, 0) is 55.2 Å². The van der Waals surface area contributed by atoms with E-state index in [4.69, 9.17) is 14.9 Å². The van der Waals surface area contributed by atoms with Gasteiger partial charge < -0.3 is 17.5 Å². The molecule has 1 aromatic heterocycles. The van der Waals surface area contributed by atoms with Gasteiger partial charge in [-0.1, -0.05) is 59.8 Å². The molecule has 0 bridgehead atoms. The third kappa shape index (κ3) is 9.03. The number of carboxylic acids is 1. The van der Waals surface area contributed by atoms with E-state index in [9.17, 15) is 18.0 Å². The zero-order chi connectivity index (χ0) is 29.4. The first kappa shape index (κ1) is 33.8. The van der Waals surface area contributed by atoms with Gasteiger partial charge in [-0.15, -0.1) is 0 Å². The standard InChI is InChI=1S/C28H26F3N3O3.CBN.Na/c1-17(2)34(16-25(35)36)15-19-8-10-20(11-9-19)26-32-27(37-33-26)21-12-13-23(24(14-21)28(29,30)31)22-7-5-4-6-18(22)3;2-1-3;/h4-14,17H,15-16H2,1-3H3,(H,35,36);;/q;-1;+1. The van der Waals surface area contributed by atoms with E-state index in [1.54, 1.807) is 49.4 Å². The largest absolute Gasteiger partial charge is 1.00 e. The molecule has 0 fully saturated rings. The summed E-state index contributed by atoms with van der Waals surface area (Å²) in [6.45, 7) is 6.00. The van der Waals surface area contributed by atoms with Gasteiger partial charge in [0.25, 0.3) is 5.89 Å². The van der Waals surface area contributed by atoms with Crippen molar-refractivity contribution in [2.75, 3.05) is 6.54 Å². The van der Waals surface area contributed by atoms with E-state index in [-0.39, 0.29) is 65.0 Å². The fraction of sp³-hybridized carbons (Fsp3) is 0.241. The molecule has 4 rings (SSSR count). The van der Waals surface area contributed by atoms with E-state index in [2.05, 4.69) is 18.0 Å². The molecule has 41 heavy (non-hydrogen) atoms. The van der Waals surface area contributed by atoms with Gasteiger partial charge in [0.2, 0.25) is 5.82 Å². The second-order valence-electron chi connectivity index (χ2n) is 9.21. The third-order valence-electron chi connectivity index (χ3n) is 6.10. The second kappa shape index (κ2) is 15.0. The Morgan fingerprint density at radius 1 is 1.07 bits per heavy atom. The molecule has 0 aliphatic heterocycles. The van der Waals surface area contributed by atoms with Crippen molar-refractivity contribution < 1.29 is 57.2 Å². The van der Waals surface area contributed by atoms with Gasteiger partial charge in [0, 0.05) is 23.7 Å². The maximum Gasteiger partial charge on any atom is 1.00 e. The number of carboxylic acid groups (broad SMARTS) is 1. The van der Waals surface area contributed by atoms with Crippen LogP contribution in [0.1, 0.15) is 30.5 Å². The van der Waals surface area contributed by atoms with Gasteiger partial charge in [0.15, 0.2) is 0 Å². The summed E-state index contributed by atoms with van der Waals surface area (Å²) < 4.78 is 47.2. The van der Waals surface area contributed by atoms with Crippen molar-refractivity contribution in [3.8, 4) is 39.9 Å². The van der Waals surface area contributed by atoms with Crippen molar-refractivity contribution >= 4 is 13.8 Å². The van der Waals surface area contributed by atoms with E-state index in [1.807, 2.05) is 30.9 Å². The van der Waals surface area contributed by atoms with Crippen LogP contribution in [0.5, 0.6) is 0 Å². The minimum atomic E-state index is -4.57. The quantitative estimate of drug-likeness (QED) is 0.325. The summed E-state index contributed by atoms with van der Waals surface area (Å²) in [6, 6.07) is 18.2. The molecule has 7 nitrogen and oxygen atoms in total. The van der Waals surface area contributed by atoms with E-state index in [0.717, 1.165) is 17.2 Å². The number of rotatable bonds is 8. The van der Waals surface area contributed by atoms with Crippen LogP contribution in [-0.2, 0) is 17.5 Å². The molecule has 0 aliphatic rings. The summed E-state index contributed by atoms with van der Waals surface area (Å²) in [5, 5.41) is 20.2. The first-order valence-electron chi connectivity index (χ1n) is 12.2. The minimum absolute atomic E-state index is 0. The van der Waals surface area contributed by atoms with Crippen LogP contribution in [0, 0.1) is 18.2 Å². The van der Waals surface area contributed by atoms with Gasteiger partial charge >= 0.3 is 41.7 Å². The molecule has 1 N–H and O–H groups in total. The fourth-order valence-corrected chi connectivity index (χ4v) is 4.07. The predicted molar refractivity (Wildman–Crippen MR) is 145 cm³/mol. The van der Waals surface area contributed by atoms with Gasteiger partial charge in [-0.25, -0.2) is 0 Å². The smallest absolute Gasteiger partial charge is 0.480 e. The number of aryl methyl sites for hydroxylation is 1. The Labute approximate surface area is 259 Å². The van der Waals surface area contributed by atoms with Crippen LogP contribution in [-0.4, -0.2) is 46.5 Å². The van der Waals surface area contributed by atoms with Crippen molar-refractivity contribution in [2.45, 2.75) is 39.5 Å². The Kier molecular flexibility index (Phi) is 12.3. The number of halogens is 3. The average Bonchev–Trinajstić information content (AvgIpc) is 3.39. The maximum absolute atomic E-state index is 14.0. The molecule has 3 aromatic carbocycles. The number of nitriles is 1. The molecule has 0 aliphatic carbocycles. The average molecular weight is 569 g/mol. The first-order valence-corrected chi connectivity index (χ1v) is 12.2.